The number of aryl methyl sites for hydroxylation is 1. The Morgan fingerprint density at radius 1 is 0.895 bits per heavy atom. The van der Waals surface area contributed by atoms with Crippen LogP contribution in [0.25, 0.3) is 33.1 Å². The van der Waals surface area contributed by atoms with Crippen LogP contribution in [-0.4, -0.2) is 17.6 Å². The van der Waals surface area contributed by atoms with Crippen molar-refractivity contribution in [2.45, 2.75) is 13.3 Å². The second-order valence-electron chi connectivity index (χ2n) is 8.62. The highest BCUT2D eigenvalue weighted by molar-refractivity contribution is 7.80. The molecule has 2 heterocycles. The molecule has 190 valence electrons. The Balaban J connectivity index is 1.43. The standard InChI is InChI=1S/C29H23N3O5S/c1-17-24-22(13-12-20-21(16-23(33)37-26(20)24)19-10-6-3-7-11-19)36-28(35)25(17)27(34)31-32-29(38)30-15-14-18-8-4-2-5-9-18/h2-13,16H,14-15H2,1H3,(H,31,34)(H2,30,32,38). The van der Waals surface area contributed by atoms with Gasteiger partial charge in [0.05, 0.1) is 5.39 Å². The number of carbonyl (C=O) groups excluding carboxylic acids is 1. The lowest BCUT2D eigenvalue weighted by Crippen LogP contribution is -2.48. The van der Waals surface area contributed by atoms with Gasteiger partial charge >= 0.3 is 11.3 Å². The van der Waals surface area contributed by atoms with E-state index in [0.29, 0.717) is 28.4 Å². The van der Waals surface area contributed by atoms with Gasteiger partial charge in [-0.25, -0.2) is 9.59 Å². The van der Waals surface area contributed by atoms with E-state index in [4.69, 9.17) is 21.1 Å². The van der Waals surface area contributed by atoms with Gasteiger partial charge in [-0.2, -0.15) is 0 Å². The van der Waals surface area contributed by atoms with Gasteiger partial charge in [-0.15, -0.1) is 0 Å². The van der Waals surface area contributed by atoms with Crippen molar-refractivity contribution in [1.29, 1.82) is 0 Å². The maximum absolute atomic E-state index is 13.0. The molecule has 0 spiro atoms. The second-order valence-corrected chi connectivity index (χ2v) is 9.03. The van der Waals surface area contributed by atoms with E-state index in [9.17, 15) is 14.4 Å². The van der Waals surface area contributed by atoms with Crippen LogP contribution in [0.4, 0.5) is 0 Å². The first-order valence-corrected chi connectivity index (χ1v) is 12.3. The van der Waals surface area contributed by atoms with Gasteiger partial charge in [-0.05, 0) is 59.9 Å². The minimum Gasteiger partial charge on any atom is -0.422 e. The van der Waals surface area contributed by atoms with Crippen molar-refractivity contribution >= 4 is 45.2 Å². The zero-order valence-corrected chi connectivity index (χ0v) is 21.2. The van der Waals surface area contributed by atoms with E-state index in [1.54, 1.807) is 19.1 Å². The zero-order chi connectivity index (χ0) is 26.6. The van der Waals surface area contributed by atoms with Crippen LogP contribution < -0.4 is 27.4 Å². The fourth-order valence-electron chi connectivity index (χ4n) is 4.38. The number of amides is 1. The van der Waals surface area contributed by atoms with Gasteiger partial charge in [0.15, 0.2) is 5.11 Å². The second kappa shape index (κ2) is 10.7. The van der Waals surface area contributed by atoms with Gasteiger partial charge in [0.2, 0.25) is 0 Å². The zero-order valence-electron chi connectivity index (χ0n) is 20.4. The van der Waals surface area contributed by atoms with Crippen molar-refractivity contribution in [2.24, 2.45) is 0 Å². The number of nitrogens with one attached hydrogen (secondary N) is 3. The minimum atomic E-state index is -0.821. The number of hydrogen-bond acceptors (Lipinski definition) is 6. The normalized spacial score (nSPS) is 10.9. The minimum absolute atomic E-state index is 0.195. The Hall–Kier alpha value is -4.76. The molecule has 38 heavy (non-hydrogen) atoms. The summed E-state index contributed by atoms with van der Waals surface area (Å²) in [5.74, 6) is -0.732. The number of rotatable bonds is 5. The summed E-state index contributed by atoms with van der Waals surface area (Å²) >= 11 is 5.23. The smallest absolute Gasteiger partial charge is 0.349 e. The number of fused-ring (bicyclic) bond motifs is 3. The summed E-state index contributed by atoms with van der Waals surface area (Å²) < 4.78 is 11.0. The lowest BCUT2D eigenvalue weighted by Gasteiger charge is -2.13. The average molecular weight is 526 g/mol. The summed E-state index contributed by atoms with van der Waals surface area (Å²) in [5.41, 5.74) is 6.85. The highest BCUT2D eigenvalue weighted by Crippen LogP contribution is 2.33. The van der Waals surface area contributed by atoms with E-state index in [2.05, 4.69) is 16.2 Å². The van der Waals surface area contributed by atoms with Crippen LogP contribution in [-0.2, 0) is 6.42 Å². The fourth-order valence-corrected chi connectivity index (χ4v) is 4.54. The third kappa shape index (κ3) is 5.05. The van der Waals surface area contributed by atoms with Gasteiger partial charge in [-0.3, -0.25) is 15.6 Å². The fraction of sp³-hybridized carbons (Fsp3) is 0.103. The molecule has 0 fully saturated rings. The maximum atomic E-state index is 13.0. The molecule has 0 saturated heterocycles. The molecule has 0 aliphatic rings. The van der Waals surface area contributed by atoms with E-state index in [-0.39, 0.29) is 21.8 Å². The Kier molecular flexibility index (Phi) is 7.01. The molecule has 2 aromatic heterocycles. The third-order valence-electron chi connectivity index (χ3n) is 6.17. The van der Waals surface area contributed by atoms with Crippen LogP contribution in [0, 0.1) is 6.92 Å². The number of hydrazine groups is 1. The van der Waals surface area contributed by atoms with E-state index in [0.717, 1.165) is 17.5 Å². The molecular formula is C29H23N3O5S. The predicted octanol–water partition coefficient (Wildman–Crippen LogP) is 4.23. The topological polar surface area (TPSA) is 114 Å². The van der Waals surface area contributed by atoms with E-state index in [1.165, 1.54) is 6.07 Å². The van der Waals surface area contributed by atoms with E-state index >= 15 is 0 Å². The predicted molar refractivity (Wildman–Crippen MR) is 150 cm³/mol. The summed E-state index contributed by atoms with van der Waals surface area (Å²) in [6.07, 6.45) is 0.743. The summed E-state index contributed by atoms with van der Waals surface area (Å²) in [6, 6.07) is 24.1. The maximum Gasteiger partial charge on any atom is 0.349 e. The number of carbonyl (C=O) groups is 1. The molecule has 5 rings (SSSR count). The van der Waals surface area contributed by atoms with Gasteiger partial charge in [0.25, 0.3) is 5.91 Å². The van der Waals surface area contributed by atoms with Crippen molar-refractivity contribution in [3.8, 4) is 11.1 Å². The molecule has 0 atom stereocenters. The monoisotopic (exact) mass is 525 g/mol. The van der Waals surface area contributed by atoms with E-state index < -0.39 is 17.2 Å². The largest absolute Gasteiger partial charge is 0.422 e. The van der Waals surface area contributed by atoms with Crippen molar-refractivity contribution in [3.05, 3.63) is 116 Å². The first-order chi connectivity index (χ1) is 18.4. The lowest BCUT2D eigenvalue weighted by atomic mass is 9.98. The average Bonchev–Trinajstić information content (AvgIpc) is 2.92. The first kappa shape index (κ1) is 24.9. The molecule has 0 bridgehead atoms. The highest BCUT2D eigenvalue weighted by Gasteiger charge is 2.22. The van der Waals surface area contributed by atoms with Crippen LogP contribution in [0.15, 0.2) is 97.3 Å². The molecule has 0 aliphatic carbocycles. The molecule has 3 N–H and O–H groups in total. The Morgan fingerprint density at radius 2 is 1.61 bits per heavy atom. The molecule has 8 nitrogen and oxygen atoms in total. The summed E-state index contributed by atoms with van der Waals surface area (Å²) in [4.78, 5) is 38.3. The molecule has 5 aromatic rings. The van der Waals surface area contributed by atoms with Crippen LogP contribution in [0.1, 0.15) is 21.5 Å². The molecule has 1 amide bonds. The quantitative estimate of drug-likeness (QED) is 0.135. The van der Waals surface area contributed by atoms with Crippen LogP contribution in [0.2, 0.25) is 0 Å². The van der Waals surface area contributed by atoms with Crippen molar-refractivity contribution in [2.75, 3.05) is 6.54 Å². The van der Waals surface area contributed by atoms with Gasteiger partial charge in [-0.1, -0.05) is 60.7 Å². The van der Waals surface area contributed by atoms with E-state index in [1.807, 2.05) is 60.7 Å². The molecule has 0 unspecified atom stereocenters. The van der Waals surface area contributed by atoms with Gasteiger partial charge in [0.1, 0.15) is 16.7 Å². The third-order valence-corrected chi connectivity index (χ3v) is 6.42. The van der Waals surface area contributed by atoms with Crippen molar-refractivity contribution < 1.29 is 13.6 Å². The van der Waals surface area contributed by atoms with Crippen molar-refractivity contribution in [3.63, 3.8) is 0 Å². The molecule has 0 saturated carbocycles. The summed E-state index contributed by atoms with van der Waals surface area (Å²) in [6.45, 7) is 2.16. The lowest BCUT2D eigenvalue weighted by molar-refractivity contribution is 0.0939. The van der Waals surface area contributed by atoms with Gasteiger partial charge in [0, 0.05) is 18.0 Å². The van der Waals surface area contributed by atoms with Crippen LogP contribution >= 0.6 is 12.2 Å². The van der Waals surface area contributed by atoms with Crippen molar-refractivity contribution in [1.82, 2.24) is 16.2 Å². The molecule has 0 aliphatic heterocycles. The Morgan fingerprint density at radius 3 is 2.34 bits per heavy atom. The highest BCUT2D eigenvalue weighted by atomic mass is 32.1. The molecular weight excluding hydrogens is 502 g/mol. The van der Waals surface area contributed by atoms with Gasteiger partial charge < -0.3 is 14.2 Å². The Bertz CT molecular complexity index is 1780. The summed E-state index contributed by atoms with van der Waals surface area (Å²) in [5, 5.41) is 4.21. The molecule has 9 heteroatoms. The number of thiocarbonyl (C=S) groups is 1. The number of benzene rings is 3. The molecule has 3 aromatic carbocycles. The summed E-state index contributed by atoms with van der Waals surface area (Å²) in [7, 11) is 0. The van der Waals surface area contributed by atoms with Crippen LogP contribution in [0.3, 0.4) is 0 Å². The van der Waals surface area contributed by atoms with Crippen LogP contribution in [0.5, 0.6) is 0 Å². The Labute approximate surface area is 222 Å². The molecule has 0 radical (unpaired) electrons. The number of hydrogen-bond donors (Lipinski definition) is 3. The first-order valence-electron chi connectivity index (χ1n) is 11.9. The SMILES string of the molecule is Cc1c(C(=O)NNC(=S)NCCc2ccccc2)c(=O)oc2ccc3c(-c4ccccc4)cc(=O)oc3c12.